The highest BCUT2D eigenvalue weighted by Crippen LogP contribution is 2.42. The van der Waals surface area contributed by atoms with Crippen LogP contribution < -0.4 is 0 Å². The first-order chi connectivity index (χ1) is 12.5. The predicted molar refractivity (Wildman–Crippen MR) is 86.6 cm³/mol. The molecule has 1 aromatic carbocycles. The van der Waals surface area contributed by atoms with E-state index >= 15 is 0 Å². The fourth-order valence-corrected chi connectivity index (χ4v) is 3.13. The van der Waals surface area contributed by atoms with E-state index in [1.165, 1.54) is 4.68 Å². The average molecular weight is 358 g/mol. The van der Waals surface area contributed by atoms with Crippen molar-refractivity contribution in [2.75, 3.05) is 0 Å². The van der Waals surface area contributed by atoms with Crippen LogP contribution in [0.25, 0.3) is 16.6 Å². The summed E-state index contributed by atoms with van der Waals surface area (Å²) >= 11 is 0. The molecule has 1 aliphatic carbocycles. The lowest BCUT2D eigenvalue weighted by Crippen LogP contribution is -2.10. The minimum absolute atomic E-state index is 0.0952. The number of para-hydroxylation sites is 1. The Balaban J connectivity index is 1.57. The van der Waals surface area contributed by atoms with Crippen LogP contribution in [0, 0.1) is 0 Å². The molecule has 1 fully saturated rings. The second kappa shape index (κ2) is 5.26. The molecule has 0 unspecified atom stereocenters. The van der Waals surface area contributed by atoms with Gasteiger partial charge in [0.15, 0.2) is 17.2 Å². The molecule has 0 atom stereocenters. The van der Waals surface area contributed by atoms with E-state index in [9.17, 15) is 13.2 Å². The van der Waals surface area contributed by atoms with E-state index in [1.807, 2.05) is 24.3 Å². The number of hydrogen-bond donors (Lipinski definition) is 0. The molecule has 3 aromatic heterocycles. The summed E-state index contributed by atoms with van der Waals surface area (Å²) in [6, 6.07) is 8.67. The number of halogens is 3. The SMILES string of the molecule is FC(F)(F)c1cc(C2CC2)n(Cc2nc3c4ccccc4ncn3n2)n1. The summed E-state index contributed by atoms with van der Waals surface area (Å²) in [5, 5.41) is 8.95. The van der Waals surface area contributed by atoms with E-state index in [1.54, 1.807) is 10.8 Å². The summed E-state index contributed by atoms with van der Waals surface area (Å²) in [6.45, 7) is 0.0952. The first kappa shape index (κ1) is 15.3. The zero-order chi connectivity index (χ0) is 17.9. The molecule has 1 saturated carbocycles. The summed E-state index contributed by atoms with van der Waals surface area (Å²) in [5.41, 5.74) is 1.15. The van der Waals surface area contributed by atoms with E-state index in [0.29, 0.717) is 17.2 Å². The predicted octanol–water partition coefficient (Wildman–Crippen LogP) is 3.42. The Morgan fingerprint density at radius 1 is 1.12 bits per heavy atom. The molecule has 0 N–H and O–H groups in total. The molecular weight excluding hydrogens is 345 g/mol. The highest BCUT2D eigenvalue weighted by Gasteiger charge is 2.38. The van der Waals surface area contributed by atoms with E-state index in [-0.39, 0.29) is 12.5 Å². The van der Waals surface area contributed by atoms with Crippen LogP contribution in [0.4, 0.5) is 13.2 Å². The summed E-state index contributed by atoms with van der Waals surface area (Å²) in [7, 11) is 0. The third-order valence-electron chi connectivity index (χ3n) is 4.51. The van der Waals surface area contributed by atoms with Crippen molar-refractivity contribution in [1.29, 1.82) is 0 Å². The molecule has 1 aliphatic rings. The van der Waals surface area contributed by atoms with E-state index in [4.69, 9.17) is 0 Å². The Labute approximate surface area is 145 Å². The van der Waals surface area contributed by atoms with Gasteiger partial charge in [0.25, 0.3) is 0 Å². The molecule has 0 radical (unpaired) electrons. The molecule has 9 heteroatoms. The van der Waals surface area contributed by atoms with Gasteiger partial charge in [-0.05, 0) is 31.0 Å². The van der Waals surface area contributed by atoms with Gasteiger partial charge in [-0.15, -0.1) is 5.10 Å². The van der Waals surface area contributed by atoms with Crippen molar-refractivity contribution in [3.8, 4) is 0 Å². The van der Waals surface area contributed by atoms with Gasteiger partial charge < -0.3 is 0 Å². The molecule has 0 amide bonds. The maximum atomic E-state index is 13.0. The van der Waals surface area contributed by atoms with Gasteiger partial charge in [0.1, 0.15) is 12.9 Å². The van der Waals surface area contributed by atoms with Gasteiger partial charge in [0.05, 0.1) is 5.52 Å². The molecule has 4 aromatic rings. The summed E-state index contributed by atoms with van der Waals surface area (Å²) < 4.78 is 42.0. The van der Waals surface area contributed by atoms with Crippen molar-refractivity contribution >= 4 is 16.6 Å². The van der Waals surface area contributed by atoms with Crippen LogP contribution in [0.2, 0.25) is 0 Å². The van der Waals surface area contributed by atoms with Crippen molar-refractivity contribution in [2.45, 2.75) is 31.5 Å². The normalized spacial score (nSPS) is 15.2. The molecule has 6 nitrogen and oxygen atoms in total. The lowest BCUT2D eigenvalue weighted by Gasteiger charge is -2.03. The molecule has 5 rings (SSSR count). The van der Waals surface area contributed by atoms with Gasteiger partial charge in [0, 0.05) is 17.0 Å². The molecule has 0 bridgehead atoms. The lowest BCUT2D eigenvalue weighted by atomic mass is 10.2. The van der Waals surface area contributed by atoms with Gasteiger partial charge in [-0.1, -0.05) is 12.1 Å². The van der Waals surface area contributed by atoms with Gasteiger partial charge >= 0.3 is 6.18 Å². The minimum atomic E-state index is -4.46. The van der Waals surface area contributed by atoms with Gasteiger partial charge in [-0.3, -0.25) is 4.68 Å². The number of fused-ring (bicyclic) bond motifs is 3. The first-order valence-corrected chi connectivity index (χ1v) is 8.23. The molecule has 26 heavy (non-hydrogen) atoms. The maximum absolute atomic E-state index is 13.0. The van der Waals surface area contributed by atoms with E-state index in [2.05, 4.69) is 20.2 Å². The minimum Gasteiger partial charge on any atom is -0.261 e. The number of hydrogen-bond acceptors (Lipinski definition) is 4. The zero-order valence-electron chi connectivity index (χ0n) is 13.5. The van der Waals surface area contributed by atoms with Gasteiger partial charge in [-0.2, -0.15) is 18.3 Å². The number of alkyl halides is 3. The van der Waals surface area contributed by atoms with Gasteiger partial charge in [-0.25, -0.2) is 14.5 Å². The van der Waals surface area contributed by atoms with Crippen LogP contribution in [0.3, 0.4) is 0 Å². The van der Waals surface area contributed by atoms with E-state index < -0.39 is 11.9 Å². The third-order valence-corrected chi connectivity index (χ3v) is 4.51. The topological polar surface area (TPSA) is 60.9 Å². The van der Waals surface area contributed by atoms with Crippen LogP contribution in [0.1, 0.15) is 36.0 Å². The molecular formula is C17H13F3N6. The van der Waals surface area contributed by atoms with E-state index in [0.717, 1.165) is 29.8 Å². The summed E-state index contributed by atoms with van der Waals surface area (Å²) in [4.78, 5) is 8.81. The van der Waals surface area contributed by atoms with Crippen molar-refractivity contribution in [3.63, 3.8) is 0 Å². The Hall–Kier alpha value is -2.97. The number of aromatic nitrogens is 6. The number of nitrogens with zero attached hydrogens (tertiary/aromatic N) is 6. The smallest absolute Gasteiger partial charge is 0.261 e. The van der Waals surface area contributed by atoms with Crippen LogP contribution in [-0.2, 0) is 12.7 Å². The lowest BCUT2D eigenvalue weighted by molar-refractivity contribution is -0.141. The molecule has 3 heterocycles. The monoisotopic (exact) mass is 358 g/mol. The Morgan fingerprint density at radius 2 is 1.92 bits per heavy atom. The number of rotatable bonds is 3. The summed E-state index contributed by atoms with van der Waals surface area (Å²) in [5.74, 6) is 0.542. The van der Waals surface area contributed by atoms with Crippen molar-refractivity contribution < 1.29 is 13.2 Å². The largest absolute Gasteiger partial charge is 0.435 e. The molecule has 0 saturated heterocycles. The standard InChI is InChI=1S/C17H13F3N6/c18-17(19,20)14-7-13(10-5-6-10)25(23-14)8-15-22-16-11-3-1-2-4-12(11)21-9-26(16)24-15/h1-4,7,9-10H,5-6,8H2. The average Bonchev–Trinajstić information content (AvgIpc) is 3.22. The molecule has 0 aliphatic heterocycles. The Bertz CT molecular complexity index is 1120. The Morgan fingerprint density at radius 3 is 2.69 bits per heavy atom. The third kappa shape index (κ3) is 2.51. The molecule has 132 valence electrons. The van der Waals surface area contributed by atoms with Crippen molar-refractivity contribution in [2.24, 2.45) is 0 Å². The van der Waals surface area contributed by atoms with Crippen molar-refractivity contribution in [3.05, 3.63) is 53.9 Å². The van der Waals surface area contributed by atoms with Crippen LogP contribution in [0.5, 0.6) is 0 Å². The fourth-order valence-electron chi connectivity index (χ4n) is 3.13. The van der Waals surface area contributed by atoms with Crippen LogP contribution in [-0.4, -0.2) is 29.4 Å². The zero-order valence-corrected chi connectivity index (χ0v) is 13.5. The summed E-state index contributed by atoms with van der Waals surface area (Å²) in [6.07, 6.45) is -1.13. The van der Waals surface area contributed by atoms with Crippen molar-refractivity contribution in [1.82, 2.24) is 29.4 Å². The fraction of sp³-hybridized carbons (Fsp3) is 0.294. The molecule has 0 spiro atoms. The second-order valence-electron chi connectivity index (χ2n) is 6.44. The second-order valence-corrected chi connectivity index (χ2v) is 6.44. The quantitative estimate of drug-likeness (QED) is 0.563. The highest BCUT2D eigenvalue weighted by molar-refractivity contribution is 5.90. The first-order valence-electron chi connectivity index (χ1n) is 8.23. The van der Waals surface area contributed by atoms with Crippen LogP contribution in [0.15, 0.2) is 36.7 Å². The van der Waals surface area contributed by atoms with Crippen LogP contribution >= 0.6 is 0 Å². The number of benzene rings is 1. The van der Waals surface area contributed by atoms with Gasteiger partial charge in [0.2, 0.25) is 0 Å². The highest BCUT2D eigenvalue weighted by atomic mass is 19.4. The maximum Gasteiger partial charge on any atom is 0.435 e. The Kier molecular flexibility index (Phi) is 3.10.